The van der Waals surface area contributed by atoms with E-state index in [9.17, 15) is 4.39 Å². The van der Waals surface area contributed by atoms with Crippen LogP contribution >= 0.6 is 0 Å². The molecule has 1 aromatic rings. The maximum atomic E-state index is 13.6. The van der Waals surface area contributed by atoms with E-state index >= 15 is 0 Å². The van der Waals surface area contributed by atoms with Crippen LogP contribution in [0, 0.1) is 5.82 Å². The summed E-state index contributed by atoms with van der Waals surface area (Å²) in [5.74, 6) is -0.257. The maximum absolute atomic E-state index is 13.6. The van der Waals surface area contributed by atoms with E-state index in [1.807, 2.05) is 0 Å². The van der Waals surface area contributed by atoms with Gasteiger partial charge in [-0.15, -0.1) is 0 Å². The first-order valence-corrected chi connectivity index (χ1v) is 5.61. The van der Waals surface area contributed by atoms with Crippen molar-refractivity contribution >= 4 is 0 Å². The van der Waals surface area contributed by atoms with Crippen molar-refractivity contribution in [2.24, 2.45) is 0 Å². The number of rotatable bonds is 7. The third kappa shape index (κ3) is 3.87. The SMILES string of the molecule is CCCNC(CCOC)c1ccncc1F. The highest BCUT2D eigenvalue weighted by atomic mass is 19.1. The predicted molar refractivity (Wildman–Crippen MR) is 61.7 cm³/mol. The first kappa shape index (κ1) is 13.1. The summed E-state index contributed by atoms with van der Waals surface area (Å²) in [4.78, 5) is 3.75. The van der Waals surface area contributed by atoms with Crippen molar-refractivity contribution in [3.05, 3.63) is 29.8 Å². The highest BCUT2D eigenvalue weighted by Crippen LogP contribution is 2.19. The molecule has 0 spiro atoms. The van der Waals surface area contributed by atoms with Gasteiger partial charge in [0.1, 0.15) is 5.82 Å². The molecule has 0 fully saturated rings. The molecule has 90 valence electrons. The zero-order valence-electron chi connectivity index (χ0n) is 9.87. The summed E-state index contributed by atoms with van der Waals surface area (Å²) >= 11 is 0. The van der Waals surface area contributed by atoms with E-state index in [4.69, 9.17) is 4.74 Å². The minimum Gasteiger partial charge on any atom is -0.385 e. The quantitative estimate of drug-likeness (QED) is 0.774. The van der Waals surface area contributed by atoms with Gasteiger partial charge >= 0.3 is 0 Å². The molecule has 1 unspecified atom stereocenters. The molecule has 0 aliphatic rings. The van der Waals surface area contributed by atoms with Gasteiger partial charge in [0.05, 0.1) is 6.20 Å². The molecular weight excluding hydrogens is 207 g/mol. The van der Waals surface area contributed by atoms with Crippen LogP contribution in [0.1, 0.15) is 31.4 Å². The Kier molecular flexibility index (Phi) is 5.96. The molecule has 0 bridgehead atoms. The number of nitrogens with zero attached hydrogens (tertiary/aromatic N) is 1. The number of hydrogen-bond donors (Lipinski definition) is 1. The fraction of sp³-hybridized carbons (Fsp3) is 0.583. The molecule has 0 radical (unpaired) electrons. The first-order chi connectivity index (χ1) is 7.79. The number of pyridine rings is 1. The average molecular weight is 226 g/mol. The fourth-order valence-electron chi connectivity index (χ4n) is 1.59. The summed E-state index contributed by atoms with van der Waals surface area (Å²) < 4.78 is 18.6. The lowest BCUT2D eigenvalue weighted by molar-refractivity contribution is 0.182. The van der Waals surface area contributed by atoms with Crippen molar-refractivity contribution in [1.82, 2.24) is 10.3 Å². The molecule has 0 aromatic carbocycles. The summed E-state index contributed by atoms with van der Waals surface area (Å²) in [6.07, 6.45) is 4.65. The average Bonchev–Trinajstić information content (AvgIpc) is 2.31. The Morgan fingerprint density at radius 1 is 1.56 bits per heavy atom. The number of methoxy groups -OCH3 is 1. The summed E-state index contributed by atoms with van der Waals surface area (Å²) in [5.41, 5.74) is 0.667. The van der Waals surface area contributed by atoms with E-state index in [1.165, 1.54) is 6.20 Å². The van der Waals surface area contributed by atoms with Gasteiger partial charge in [0.2, 0.25) is 0 Å². The Morgan fingerprint density at radius 2 is 2.38 bits per heavy atom. The standard InChI is InChI=1S/C12H19FN2O/c1-3-6-15-12(5-8-16-2)10-4-7-14-9-11(10)13/h4,7,9,12,15H,3,5-6,8H2,1-2H3. The molecule has 1 rings (SSSR count). The van der Waals surface area contributed by atoms with Crippen LogP contribution in [0.25, 0.3) is 0 Å². The lowest BCUT2D eigenvalue weighted by Crippen LogP contribution is -2.24. The zero-order chi connectivity index (χ0) is 11.8. The van der Waals surface area contributed by atoms with E-state index < -0.39 is 0 Å². The van der Waals surface area contributed by atoms with E-state index in [-0.39, 0.29) is 11.9 Å². The van der Waals surface area contributed by atoms with Gasteiger partial charge in [-0.25, -0.2) is 4.39 Å². The van der Waals surface area contributed by atoms with Crippen LogP contribution < -0.4 is 5.32 Å². The van der Waals surface area contributed by atoms with Crippen LogP contribution in [0.4, 0.5) is 4.39 Å². The molecule has 0 aliphatic heterocycles. The van der Waals surface area contributed by atoms with Gasteiger partial charge in [-0.05, 0) is 25.5 Å². The molecule has 1 atom stereocenters. The normalized spacial score (nSPS) is 12.7. The minimum absolute atomic E-state index is 0.00269. The number of ether oxygens (including phenoxy) is 1. The van der Waals surface area contributed by atoms with Crippen LogP contribution in [0.3, 0.4) is 0 Å². The van der Waals surface area contributed by atoms with E-state index in [1.54, 1.807) is 19.4 Å². The van der Waals surface area contributed by atoms with Crippen LogP contribution in [0.5, 0.6) is 0 Å². The van der Waals surface area contributed by atoms with Crippen molar-refractivity contribution in [3.63, 3.8) is 0 Å². The Labute approximate surface area is 96.0 Å². The molecule has 1 aromatic heterocycles. The molecule has 1 N–H and O–H groups in total. The number of hydrogen-bond acceptors (Lipinski definition) is 3. The van der Waals surface area contributed by atoms with E-state index in [2.05, 4.69) is 17.2 Å². The summed E-state index contributed by atoms with van der Waals surface area (Å²) in [5, 5.41) is 3.31. The lowest BCUT2D eigenvalue weighted by Gasteiger charge is -2.18. The van der Waals surface area contributed by atoms with Gasteiger partial charge in [-0.3, -0.25) is 4.98 Å². The van der Waals surface area contributed by atoms with Gasteiger partial charge in [0, 0.05) is 31.5 Å². The maximum Gasteiger partial charge on any atom is 0.146 e. The molecule has 1 heterocycles. The van der Waals surface area contributed by atoms with Crippen LogP contribution in [-0.4, -0.2) is 25.2 Å². The predicted octanol–water partition coefficient (Wildman–Crippen LogP) is 2.30. The van der Waals surface area contributed by atoms with Gasteiger partial charge in [-0.2, -0.15) is 0 Å². The third-order valence-electron chi connectivity index (χ3n) is 2.43. The minimum atomic E-state index is -0.257. The monoisotopic (exact) mass is 226 g/mol. The molecule has 0 saturated heterocycles. The first-order valence-electron chi connectivity index (χ1n) is 5.61. The number of nitrogens with one attached hydrogen (secondary N) is 1. The molecule has 0 aliphatic carbocycles. The second-order valence-electron chi connectivity index (χ2n) is 3.69. The smallest absolute Gasteiger partial charge is 0.146 e. The number of halogens is 1. The van der Waals surface area contributed by atoms with Crippen molar-refractivity contribution in [2.45, 2.75) is 25.8 Å². The summed E-state index contributed by atoms with van der Waals surface area (Å²) in [7, 11) is 1.65. The van der Waals surface area contributed by atoms with Gasteiger partial charge in [0.25, 0.3) is 0 Å². The van der Waals surface area contributed by atoms with Crippen LogP contribution in [-0.2, 0) is 4.74 Å². The third-order valence-corrected chi connectivity index (χ3v) is 2.43. The van der Waals surface area contributed by atoms with Crippen molar-refractivity contribution in [3.8, 4) is 0 Å². The second-order valence-corrected chi connectivity index (χ2v) is 3.69. The lowest BCUT2D eigenvalue weighted by atomic mass is 10.0. The fourth-order valence-corrected chi connectivity index (χ4v) is 1.59. The van der Waals surface area contributed by atoms with Crippen molar-refractivity contribution < 1.29 is 9.13 Å². The van der Waals surface area contributed by atoms with Gasteiger partial charge in [-0.1, -0.05) is 6.92 Å². The molecule has 0 saturated carbocycles. The Balaban J connectivity index is 2.70. The van der Waals surface area contributed by atoms with Crippen LogP contribution in [0.15, 0.2) is 18.5 Å². The van der Waals surface area contributed by atoms with E-state index in [0.717, 1.165) is 19.4 Å². The summed E-state index contributed by atoms with van der Waals surface area (Å²) in [6.45, 7) is 3.57. The highest BCUT2D eigenvalue weighted by molar-refractivity contribution is 5.17. The Bertz CT molecular complexity index is 299. The molecule has 3 nitrogen and oxygen atoms in total. The van der Waals surface area contributed by atoms with Crippen LogP contribution in [0.2, 0.25) is 0 Å². The Hall–Kier alpha value is -1.00. The second kappa shape index (κ2) is 7.30. The van der Waals surface area contributed by atoms with Gasteiger partial charge < -0.3 is 10.1 Å². The zero-order valence-corrected chi connectivity index (χ0v) is 9.87. The molecule has 16 heavy (non-hydrogen) atoms. The molecular formula is C12H19FN2O. The van der Waals surface area contributed by atoms with E-state index in [0.29, 0.717) is 12.2 Å². The van der Waals surface area contributed by atoms with Gasteiger partial charge in [0.15, 0.2) is 0 Å². The highest BCUT2D eigenvalue weighted by Gasteiger charge is 2.14. The number of aromatic nitrogens is 1. The largest absolute Gasteiger partial charge is 0.385 e. The summed E-state index contributed by atoms with van der Waals surface area (Å²) in [6, 6.07) is 1.72. The Morgan fingerprint density at radius 3 is 3.00 bits per heavy atom. The van der Waals surface area contributed by atoms with Crippen molar-refractivity contribution in [2.75, 3.05) is 20.3 Å². The molecule has 4 heteroatoms. The molecule has 0 amide bonds. The van der Waals surface area contributed by atoms with Crippen molar-refractivity contribution in [1.29, 1.82) is 0 Å². The topological polar surface area (TPSA) is 34.1 Å².